The van der Waals surface area contributed by atoms with Gasteiger partial charge >= 0.3 is 5.97 Å². The summed E-state index contributed by atoms with van der Waals surface area (Å²) in [6.45, 7) is -0.253. The maximum absolute atomic E-state index is 12.4. The number of nitriles is 1. The van der Waals surface area contributed by atoms with Gasteiger partial charge in [0.2, 0.25) is 0 Å². The second kappa shape index (κ2) is 9.07. The van der Waals surface area contributed by atoms with Gasteiger partial charge in [-0.25, -0.2) is 4.79 Å². The molecule has 0 aliphatic heterocycles. The molecule has 0 fully saturated rings. The molecule has 0 aromatic heterocycles. The van der Waals surface area contributed by atoms with Crippen LogP contribution in [0.15, 0.2) is 48.5 Å². The molecule has 5 nitrogen and oxygen atoms in total. The second-order valence-corrected chi connectivity index (χ2v) is 5.83. The van der Waals surface area contributed by atoms with Crippen LogP contribution >= 0.6 is 23.2 Å². The molecule has 128 valence electrons. The molecule has 7 heteroatoms. The number of nitrogens with zero attached hydrogens (tertiary/aromatic N) is 2. The van der Waals surface area contributed by atoms with E-state index in [1.807, 2.05) is 12.1 Å². The van der Waals surface area contributed by atoms with E-state index in [1.54, 1.807) is 24.3 Å². The summed E-state index contributed by atoms with van der Waals surface area (Å²) in [5, 5.41) is 9.31. The fourth-order valence-corrected chi connectivity index (χ4v) is 2.59. The van der Waals surface area contributed by atoms with E-state index in [9.17, 15) is 9.59 Å². The van der Waals surface area contributed by atoms with Crippen LogP contribution in [0.4, 0.5) is 5.69 Å². The van der Waals surface area contributed by atoms with E-state index in [0.29, 0.717) is 10.7 Å². The smallest absolute Gasteiger partial charge is 0.340 e. The molecule has 0 aliphatic rings. The van der Waals surface area contributed by atoms with Gasteiger partial charge in [-0.2, -0.15) is 5.26 Å². The normalized spacial score (nSPS) is 9.96. The van der Waals surface area contributed by atoms with Crippen molar-refractivity contribution < 1.29 is 14.3 Å². The Morgan fingerprint density at radius 2 is 1.84 bits per heavy atom. The highest BCUT2D eigenvalue weighted by atomic mass is 35.5. The molecular formula is C18H14Cl2N2O3. The van der Waals surface area contributed by atoms with Gasteiger partial charge < -0.3 is 9.64 Å². The number of hydrogen-bond donors (Lipinski definition) is 0. The zero-order valence-corrected chi connectivity index (χ0v) is 14.6. The summed E-state index contributed by atoms with van der Waals surface area (Å²) in [6.07, 6.45) is 0.164. The Hall–Kier alpha value is -2.55. The Balaban J connectivity index is 2.05. The lowest BCUT2D eigenvalue weighted by molar-refractivity contribution is -0.121. The third-order valence-electron chi connectivity index (χ3n) is 3.29. The topological polar surface area (TPSA) is 70.4 Å². The van der Waals surface area contributed by atoms with Crippen LogP contribution in [0.3, 0.4) is 0 Å². The van der Waals surface area contributed by atoms with Crippen LogP contribution in [0, 0.1) is 11.3 Å². The van der Waals surface area contributed by atoms with E-state index in [2.05, 4.69) is 0 Å². The van der Waals surface area contributed by atoms with Crippen molar-refractivity contribution in [3.8, 4) is 6.07 Å². The summed E-state index contributed by atoms with van der Waals surface area (Å²) in [5.41, 5.74) is 0.755. The molecule has 0 bridgehead atoms. The third-order valence-corrected chi connectivity index (χ3v) is 3.84. The molecule has 0 spiro atoms. The van der Waals surface area contributed by atoms with Crippen molar-refractivity contribution in [2.24, 2.45) is 0 Å². The van der Waals surface area contributed by atoms with Crippen molar-refractivity contribution in [2.75, 3.05) is 18.1 Å². The number of carbonyl (C=O) groups is 2. The highest BCUT2D eigenvalue weighted by Gasteiger charge is 2.19. The average molecular weight is 377 g/mol. The molecule has 2 aromatic rings. The summed E-state index contributed by atoms with van der Waals surface area (Å²) >= 11 is 11.7. The van der Waals surface area contributed by atoms with Gasteiger partial charge in [-0.15, -0.1) is 0 Å². The number of halogens is 2. The minimum absolute atomic E-state index is 0.127. The molecule has 1 amide bonds. The zero-order valence-electron chi connectivity index (χ0n) is 13.1. The number of hydrogen-bond acceptors (Lipinski definition) is 4. The summed E-state index contributed by atoms with van der Waals surface area (Å²) in [4.78, 5) is 25.9. The number of carbonyl (C=O) groups excluding carboxylic acids is 2. The molecule has 0 atom stereocenters. The van der Waals surface area contributed by atoms with Crippen LogP contribution < -0.4 is 4.90 Å². The van der Waals surface area contributed by atoms with Crippen molar-refractivity contribution in [2.45, 2.75) is 6.42 Å². The van der Waals surface area contributed by atoms with E-state index < -0.39 is 18.5 Å². The van der Waals surface area contributed by atoms with Gasteiger partial charge in [-0.3, -0.25) is 4.79 Å². The van der Waals surface area contributed by atoms with Gasteiger partial charge in [0.05, 0.1) is 23.1 Å². The first-order valence-corrected chi connectivity index (χ1v) is 8.13. The van der Waals surface area contributed by atoms with Crippen LogP contribution in [-0.2, 0) is 9.53 Å². The predicted molar refractivity (Wildman–Crippen MR) is 95.8 cm³/mol. The highest BCUT2D eigenvalue weighted by molar-refractivity contribution is 6.36. The van der Waals surface area contributed by atoms with Crippen LogP contribution in [0.25, 0.3) is 0 Å². The first-order chi connectivity index (χ1) is 12.0. The van der Waals surface area contributed by atoms with E-state index in [-0.39, 0.29) is 23.6 Å². The lowest BCUT2D eigenvalue weighted by Crippen LogP contribution is -2.35. The molecule has 0 radical (unpaired) electrons. The average Bonchev–Trinajstić information content (AvgIpc) is 2.61. The molecule has 2 rings (SSSR count). The van der Waals surface area contributed by atoms with Crippen molar-refractivity contribution in [3.05, 3.63) is 64.1 Å². The standard InChI is InChI=1S/C18H14Cl2N2O3/c19-13-7-8-15(16(20)11-13)18(24)25-12-17(23)22(10-4-9-21)14-5-2-1-3-6-14/h1-3,5-8,11H,4,10,12H2. The summed E-state index contributed by atoms with van der Waals surface area (Å²) in [5.74, 6) is -1.15. The van der Waals surface area contributed by atoms with Crippen molar-refractivity contribution >= 4 is 40.8 Å². The minimum atomic E-state index is -0.719. The van der Waals surface area contributed by atoms with Gasteiger partial charge in [-0.05, 0) is 30.3 Å². The monoisotopic (exact) mass is 376 g/mol. The maximum Gasteiger partial charge on any atom is 0.340 e. The fourth-order valence-electron chi connectivity index (χ4n) is 2.11. The minimum Gasteiger partial charge on any atom is -0.452 e. The van der Waals surface area contributed by atoms with E-state index in [4.69, 9.17) is 33.2 Å². The van der Waals surface area contributed by atoms with Gasteiger partial charge in [0.1, 0.15) is 0 Å². The molecule has 0 heterocycles. The predicted octanol–water partition coefficient (Wildman–Crippen LogP) is 4.10. The zero-order chi connectivity index (χ0) is 18.2. The van der Waals surface area contributed by atoms with Crippen LogP contribution in [-0.4, -0.2) is 25.0 Å². The molecule has 0 saturated heterocycles. The Kier molecular flexibility index (Phi) is 6.81. The SMILES string of the molecule is N#CCCN(C(=O)COC(=O)c1ccc(Cl)cc1Cl)c1ccccc1. The molecular weight excluding hydrogens is 363 g/mol. The van der Waals surface area contributed by atoms with Crippen LogP contribution in [0.5, 0.6) is 0 Å². The van der Waals surface area contributed by atoms with Gasteiger partial charge in [0.25, 0.3) is 5.91 Å². The van der Waals surface area contributed by atoms with Gasteiger partial charge in [0, 0.05) is 17.3 Å². The number of ether oxygens (including phenoxy) is 1. The Labute approximate surface area is 155 Å². The molecule has 25 heavy (non-hydrogen) atoms. The summed E-state index contributed by atoms with van der Waals surface area (Å²) in [6, 6.07) is 15.2. The molecule has 0 saturated carbocycles. The number of anilines is 1. The van der Waals surface area contributed by atoms with Gasteiger partial charge in [-0.1, -0.05) is 41.4 Å². The number of benzene rings is 2. The molecule has 2 aromatic carbocycles. The maximum atomic E-state index is 12.4. The Morgan fingerprint density at radius 3 is 2.48 bits per heavy atom. The van der Waals surface area contributed by atoms with Crippen molar-refractivity contribution in [3.63, 3.8) is 0 Å². The largest absolute Gasteiger partial charge is 0.452 e. The van der Waals surface area contributed by atoms with Gasteiger partial charge in [0.15, 0.2) is 6.61 Å². The van der Waals surface area contributed by atoms with Crippen LogP contribution in [0.1, 0.15) is 16.8 Å². The molecule has 0 unspecified atom stereocenters. The second-order valence-electron chi connectivity index (χ2n) is 4.99. The lowest BCUT2D eigenvalue weighted by Gasteiger charge is -2.21. The lowest BCUT2D eigenvalue weighted by atomic mass is 10.2. The van der Waals surface area contributed by atoms with E-state index in [0.717, 1.165) is 0 Å². The van der Waals surface area contributed by atoms with E-state index in [1.165, 1.54) is 23.1 Å². The number of amides is 1. The summed E-state index contributed by atoms with van der Waals surface area (Å²) < 4.78 is 5.05. The quantitative estimate of drug-likeness (QED) is 0.711. The third kappa shape index (κ3) is 5.21. The Morgan fingerprint density at radius 1 is 1.12 bits per heavy atom. The summed E-state index contributed by atoms with van der Waals surface area (Å²) in [7, 11) is 0. The van der Waals surface area contributed by atoms with Crippen molar-refractivity contribution in [1.82, 2.24) is 0 Å². The van der Waals surface area contributed by atoms with Crippen LogP contribution in [0.2, 0.25) is 10.0 Å². The first kappa shape index (κ1) is 18.8. The number of rotatable bonds is 6. The first-order valence-electron chi connectivity index (χ1n) is 7.37. The van der Waals surface area contributed by atoms with E-state index >= 15 is 0 Å². The molecule has 0 N–H and O–H groups in total. The fraction of sp³-hybridized carbons (Fsp3) is 0.167. The number of esters is 1. The number of para-hydroxylation sites is 1. The highest BCUT2D eigenvalue weighted by Crippen LogP contribution is 2.22. The molecule has 0 aliphatic carbocycles. The Bertz CT molecular complexity index is 804. The van der Waals surface area contributed by atoms with Crippen molar-refractivity contribution in [1.29, 1.82) is 5.26 Å².